The highest BCUT2D eigenvalue weighted by Crippen LogP contribution is 2.23. The lowest BCUT2D eigenvalue weighted by Crippen LogP contribution is -2.52. The van der Waals surface area contributed by atoms with E-state index in [0.717, 1.165) is 31.4 Å². The van der Waals surface area contributed by atoms with Crippen LogP contribution >= 0.6 is 0 Å². The summed E-state index contributed by atoms with van der Waals surface area (Å²) in [6.45, 7) is 3.22. The minimum absolute atomic E-state index is 0.00164. The molecule has 1 aromatic rings. The molecule has 1 unspecified atom stereocenters. The molecule has 5 nitrogen and oxygen atoms in total. The Morgan fingerprint density at radius 2 is 2.25 bits per heavy atom. The van der Waals surface area contributed by atoms with Gasteiger partial charge >= 0.3 is 5.97 Å². The van der Waals surface area contributed by atoms with Gasteiger partial charge in [0.1, 0.15) is 0 Å². The monoisotopic (exact) mass is 276 g/mol. The van der Waals surface area contributed by atoms with Crippen LogP contribution in [0, 0.1) is 0 Å². The Morgan fingerprint density at radius 1 is 1.45 bits per heavy atom. The number of nitrogens with one attached hydrogen (secondary N) is 2. The number of hydrogen-bond acceptors (Lipinski definition) is 3. The average Bonchev–Trinajstić information content (AvgIpc) is 2.95. The summed E-state index contributed by atoms with van der Waals surface area (Å²) in [7, 11) is 0. The molecule has 1 aliphatic heterocycles. The summed E-state index contributed by atoms with van der Waals surface area (Å²) >= 11 is 0. The summed E-state index contributed by atoms with van der Waals surface area (Å²) in [6.07, 6.45) is 2.62. The highest BCUT2D eigenvalue weighted by atomic mass is 16.4. The lowest BCUT2D eigenvalue weighted by atomic mass is 9.93. The van der Waals surface area contributed by atoms with Gasteiger partial charge in [-0.1, -0.05) is 19.1 Å². The lowest BCUT2D eigenvalue weighted by Gasteiger charge is -2.26. The van der Waals surface area contributed by atoms with Crippen molar-refractivity contribution in [1.29, 1.82) is 0 Å². The summed E-state index contributed by atoms with van der Waals surface area (Å²) in [5.41, 5.74) is 0.577. The summed E-state index contributed by atoms with van der Waals surface area (Å²) in [5.74, 6) is -0.959. The first-order valence-corrected chi connectivity index (χ1v) is 6.93. The molecular formula is C15H20N2O3. The van der Waals surface area contributed by atoms with Gasteiger partial charge in [-0.3, -0.25) is 4.79 Å². The van der Waals surface area contributed by atoms with E-state index < -0.39 is 11.5 Å². The Hall–Kier alpha value is -1.88. The van der Waals surface area contributed by atoms with Crippen LogP contribution in [0.3, 0.4) is 0 Å². The van der Waals surface area contributed by atoms with Gasteiger partial charge in [-0.15, -0.1) is 0 Å². The summed E-state index contributed by atoms with van der Waals surface area (Å²) in [5, 5.41) is 15.1. The molecule has 1 amide bonds. The summed E-state index contributed by atoms with van der Waals surface area (Å²) in [4.78, 5) is 23.2. The highest BCUT2D eigenvalue weighted by Gasteiger charge is 2.38. The second kappa shape index (κ2) is 6.05. The molecule has 0 aliphatic carbocycles. The van der Waals surface area contributed by atoms with Crippen LogP contribution in [0.4, 0.5) is 0 Å². The van der Waals surface area contributed by atoms with Crippen LogP contribution in [0.2, 0.25) is 0 Å². The number of aromatic carboxylic acids is 1. The molecule has 1 fully saturated rings. The molecule has 3 N–H and O–H groups in total. The molecule has 5 heteroatoms. The molecule has 1 heterocycles. The van der Waals surface area contributed by atoms with Crippen LogP contribution in [0.1, 0.15) is 42.1 Å². The van der Waals surface area contributed by atoms with Crippen molar-refractivity contribution in [1.82, 2.24) is 10.6 Å². The first-order valence-electron chi connectivity index (χ1n) is 6.93. The Kier molecular flexibility index (Phi) is 4.39. The minimum atomic E-state index is -0.958. The van der Waals surface area contributed by atoms with Gasteiger partial charge in [0.15, 0.2) is 0 Å². The number of rotatable bonds is 5. The number of carboxylic acids is 1. The third-order valence-corrected chi connectivity index (χ3v) is 3.91. The molecule has 0 radical (unpaired) electrons. The zero-order valence-electron chi connectivity index (χ0n) is 11.6. The average molecular weight is 276 g/mol. The molecule has 1 atom stereocenters. The largest absolute Gasteiger partial charge is 0.478 e. The molecule has 0 bridgehead atoms. The van der Waals surface area contributed by atoms with Crippen LogP contribution in [0.5, 0.6) is 0 Å². The van der Waals surface area contributed by atoms with Gasteiger partial charge in [-0.25, -0.2) is 4.79 Å². The standard InChI is InChI=1S/C15H20N2O3/c1-2-15(7-4-8-17-15)14(20)16-10-11-5-3-6-12(9-11)13(18)19/h3,5-6,9,17H,2,4,7-8,10H2,1H3,(H,16,20)(H,18,19). The van der Waals surface area contributed by atoms with Crippen LogP contribution in [-0.2, 0) is 11.3 Å². The van der Waals surface area contributed by atoms with E-state index in [4.69, 9.17) is 5.11 Å². The fourth-order valence-corrected chi connectivity index (χ4v) is 2.63. The van der Waals surface area contributed by atoms with Crippen molar-refractivity contribution in [2.45, 2.75) is 38.3 Å². The van der Waals surface area contributed by atoms with E-state index in [2.05, 4.69) is 10.6 Å². The Balaban J connectivity index is 1.99. The molecule has 0 aromatic heterocycles. The maximum atomic E-state index is 12.3. The van der Waals surface area contributed by atoms with E-state index in [0.29, 0.717) is 6.54 Å². The Bertz CT molecular complexity index is 508. The van der Waals surface area contributed by atoms with Crippen molar-refractivity contribution in [3.63, 3.8) is 0 Å². The number of benzene rings is 1. The molecule has 1 saturated heterocycles. The van der Waals surface area contributed by atoms with Crippen LogP contribution < -0.4 is 10.6 Å². The van der Waals surface area contributed by atoms with Gasteiger partial charge in [0.05, 0.1) is 11.1 Å². The van der Waals surface area contributed by atoms with Gasteiger partial charge in [-0.05, 0) is 43.5 Å². The molecule has 20 heavy (non-hydrogen) atoms. The van der Waals surface area contributed by atoms with Crippen molar-refractivity contribution in [3.05, 3.63) is 35.4 Å². The third-order valence-electron chi connectivity index (χ3n) is 3.91. The summed E-state index contributed by atoms with van der Waals surface area (Å²) in [6, 6.07) is 6.63. The van der Waals surface area contributed by atoms with Crippen molar-refractivity contribution in [3.8, 4) is 0 Å². The second-order valence-electron chi connectivity index (χ2n) is 5.15. The Morgan fingerprint density at radius 3 is 2.85 bits per heavy atom. The normalized spacial score (nSPS) is 21.6. The van der Waals surface area contributed by atoms with Crippen molar-refractivity contribution >= 4 is 11.9 Å². The van der Waals surface area contributed by atoms with Gasteiger partial charge in [-0.2, -0.15) is 0 Å². The lowest BCUT2D eigenvalue weighted by molar-refractivity contribution is -0.127. The van der Waals surface area contributed by atoms with Crippen LogP contribution in [-0.4, -0.2) is 29.1 Å². The zero-order valence-corrected chi connectivity index (χ0v) is 11.6. The second-order valence-corrected chi connectivity index (χ2v) is 5.15. The minimum Gasteiger partial charge on any atom is -0.478 e. The number of hydrogen-bond donors (Lipinski definition) is 3. The van der Waals surface area contributed by atoms with E-state index in [1.165, 1.54) is 0 Å². The quantitative estimate of drug-likeness (QED) is 0.762. The maximum Gasteiger partial charge on any atom is 0.335 e. The predicted octanol–water partition coefficient (Wildman–Crippen LogP) is 1.53. The van der Waals surface area contributed by atoms with E-state index >= 15 is 0 Å². The Labute approximate surface area is 118 Å². The molecular weight excluding hydrogens is 256 g/mol. The summed E-state index contributed by atoms with van der Waals surface area (Å²) < 4.78 is 0. The molecule has 1 aromatic carbocycles. The van der Waals surface area contributed by atoms with E-state index in [9.17, 15) is 9.59 Å². The first-order chi connectivity index (χ1) is 9.57. The van der Waals surface area contributed by atoms with E-state index in [1.54, 1.807) is 18.2 Å². The molecule has 1 aliphatic rings. The number of amides is 1. The highest BCUT2D eigenvalue weighted by molar-refractivity contribution is 5.88. The fourth-order valence-electron chi connectivity index (χ4n) is 2.63. The molecule has 0 spiro atoms. The molecule has 0 saturated carbocycles. The SMILES string of the molecule is CCC1(C(=O)NCc2cccc(C(=O)O)c2)CCCN1. The number of carboxylic acid groups (broad SMARTS) is 1. The van der Waals surface area contributed by atoms with Crippen LogP contribution in [0.15, 0.2) is 24.3 Å². The smallest absolute Gasteiger partial charge is 0.335 e. The van der Waals surface area contributed by atoms with Crippen LogP contribution in [0.25, 0.3) is 0 Å². The predicted molar refractivity (Wildman–Crippen MR) is 75.5 cm³/mol. The van der Waals surface area contributed by atoms with Gasteiger partial charge in [0.2, 0.25) is 5.91 Å². The zero-order chi connectivity index (χ0) is 14.6. The molecule has 2 rings (SSSR count). The maximum absolute atomic E-state index is 12.3. The van der Waals surface area contributed by atoms with E-state index in [-0.39, 0.29) is 11.5 Å². The van der Waals surface area contributed by atoms with E-state index in [1.807, 2.05) is 13.0 Å². The fraction of sp³-hybridized carbons (Fsp3) is 0.467. The third kappa shape index (κ3) is 2.99. The number of carbonyl (C=O) groups excluding carboxylic acids is 1. The van der Waals surface area contributed by atoms with Gasteiger partial charge in [0, 0.05) is 6.54 Å². The van der Waals surface area contributed by atoms with Crippen molar-refractivity contribution < 1.29 is 14.7 Å². The van der Waals surface area contributed by atoms with Crippen molar-refractivity contribution in [2.24, 2.45) is 0 Å². The van der Waals surface area contributed by atoms with Gasteiger partial charge in [0.25, 0.3) is 0 Å². The molecule has 108 valence electrons. The van der Waals surface area contributed by atoms with Gasteiger partial charge < -0.3 is 15.7 Å². The number of carbonyl (C=O) groups is 2. The topological polar surface area (TPSA) is 78.4 Å². The first kappa shape index (κ1) is 14.5. The van der Waals surface area contributed by atoms with Crippen molar-refractivity contribution in [2.75, 3.05) is 6.54 Å².